The van der Waals surface area contributed by atoms with Gasteiger partial charge in [-0.25, -0.2) is 0 Å². The van der Waals surface area contributed by atoms with Crippen molar-refractivity contribution in [2.45, 2.75) is 51.5 Å². The Labute approximate surface area is 116 Å². The molecule has 1 saturated heterocycles. The minimum absolute atomic E-state index is 0.150. The second-order valence-electron chi connectivity index (χ2n) is 5.91. The number of hydrogen-bond donors (Lipinski definition) is 1. The van der Waals surface area contributed by atoms with Crippen LogP contribution in [0.25, 0.3) is 0 Å². The van der Waals surface area contributed by atoms with E-state index in [4.69, 9.17) is 0 Å². The number of carbonyl (C=O) groups excluding carboxylic acids is 1. The van der Waals surface area contributed by atoms with Crippen molar-refractivity contribution in [2.24, 2.45) is 11.8 Å². The minimum Gasteiger partial charge on any atom is -0.355 e. The van der Waals surface area contributed by atoms with E-state index in [-0.39, 0.29) is 11.8 Å². The molecule has 106 valence electrons. The third-order valence-corrected chi connectivity index (χ3v) is 4.60. The van der Waals surface area contributed by atoms with Gasteiger partial charge >= 0.3 is 0 Å². The Morgan fingerprint density at radius 2 is 2.26 bits per heavy atom. The van der Waals surface area contributed by atoms with Crippen LogP contribution in [0.5, 0.6) is 0 Å². The van der Waals surface area contributed by atoms with E-state index in [1.54, 1.807) is 0 Å². The van der Waals surface area contributed by atoms with E-state index >= 15 is 0 Å². The van der Waals surface area contributed by atoms with Crippen LogP contribution < -0.4 is 5.32 Å². The molecule has 19 heavy (non-hydrogen) atoms. The first-order valence-electron chi connectivity index (χ1n) is 7.65. The molecule has 4 heteroatoms. The first kappa shape index (κ1) is 14.3. The van der Waals surface area contributed by atoms with Gasteiger partial charge in [0.1, 0.15) is 0 Å². The van der Waals surface area contributed by atoms with Gasteiger partial charge in [0.2, 0.25) is 5.91 Å². The minimum atomic E-state index is 0.150. The lowest BCUT2D eigenvalue weighted by atomic mass is 9.76. The second kappa shape index (κ2) is 6.91. The van der Waals surface area contributed by atoms with E-state index in [0.29, 0.717) is 12.5 Å². The standard InChI is InChI=1S/C15H25N3O/c1-2-3-12-4-5-13(11-16)14(10-12)18-8-6-15(19)17-7-9-18/h12-14H,2-10H2,1H3,(H,17,19). The summed E-state index contributed by atoms with van der Waals surface area (Å²) < 4.78 is 0. The second-order valence-corrected chi connectivity index (χ2v) is 5.91. The highest BCUT2D eigenvalue weighted by atomic mass is 16.1. The smallest absolute Gasteiger partial charge is 0.221 e. The van der Waals surface area contributed by atoms with Gasteiger partial charge in [-0.05, 0) is 25.2 Å². The summed E-state index contributed by atoms with van der Waals surface area (Å²) in [5.74, 6) is 1.07. The van der Waals surface area contributed by atoms with Gasteiger partial charge in [-0.3, -0.25) is 9.69 Å². The molecule has 0 radical (unpaired) electrons. The maximum atomic E-state index is 11.4. The molecule has 2 aliphatic rings. The zero-order chi connectivity index (χ0) is 13.7. The van der Waals surface area contributed by atoms with Crippen molar-refractivity contribution in [3.05, 3.63) is 0 Å². The topological polar surface area (TPSA) is 56.1 Å². The molecule has 4 nitrogen and oxygen atoms in total. The molecule has 0 aromatic heterocycles. The number of rotatable bonds is 3. The number of nitrogens with one attached hydrogen (secondary N) is 1. The Hall–Kier alpha value is -1.08. The Bertz CT molecular complexity index is 350. The number of nitriles is 1. The summed E-state index contributed by atoms with van der Waals surface area (Å²) in [7, 11) is 0. The van der Waals surface area contributed by atoms with Crippen molar-refractivity contribution in [2.75, 3.05) is 19.6 Å². The molecule has 1 N–H and O–H groups in total. The van der Waals surface area contributed by atoms with Crippen LogP contribution in [0.3, 0.4) is 0 Å². The number of hydrogen-bond acceptors (Lipinski definition) is 3. The summed E-state index contributed by atoms with van der Waals surface area (Å²) in [5, 5.41) is 12.3. The fraction of sp³-hybridized carbons (Fsp3) is 0.867. The van der Waals surface area contributed by atoms with Crippen molar-refractivity contribution >= 4 is 5.91 Å². The van der Waals surface area contributed by atoms with E-state index < -0.39 is 0 Å². The van der Waals surface area contributed by atoms with Gasteiger partial charge in [0.05, 0.1) is 12.0 Å². The zero-order valence-corrected chi connectivity index (χ0v) is 11.9. The highest BCUT2D eigenvalue weighted by Gasteiger charge is 2.34. The molecule has 0 aromatic carbocycles. The van der Waals surface area contributed by atoms with E-state index in [1.165, 1.54) is 19.3 Å². The molecule has 1 saturated carbocycles. The fourth-order valence-corrected chi connectivity index (χ4v) is 3.57. The molecule has 0 aromatic rings. The van der Waals surface area contributed by atoms with E-state index in [1.807, 2.05) is 0 Å². The molecule has 1 aliphatic heterocycles. The molecule has 1 heterocycles. The van der Waals surface area contributed by atoms with Crippen molar-refractivity contribution < 1.29 is 4.79 Å². The molecular weight excluding hydrogens is 238 g/mol. The van der Waals surface area contributed by atoms with Crippen LogP contribution in [0, 0.1) is 23.2 Å². The van der Waals surface area contributed by atoms with E-state index in [2.05, 4.69) is 23.2 Å². The summed E-state index contributed by atoms with van der Waals surface area (Å²) in [5.41, 5.74) is 0. The van der Waals surface area contributed by atoms with Crippen LogP contribution in [0.1, 0.15) is 45.4 Å². The average molecular weight is 263 g/mol. The molecule has 2 rings (SSSR count). The molecule has 2 fully saturated rings. The van der Waals surface area contributed by atoms with Gasteiger partial charge < -0.3 is 5.32 Å². The molecule has 0 bridgehead atoms. The first-order valence-corrected chi connectivity index (χ1v) is 7.65. The summed E-state index contributed by atoms with van der Waals surface area (Å²) in [6.45, 7) is 4.67. The predicted octanol–water partition coefficient (Wildman–Crippen LogP) is 1.92. The molecule has 3 unspecified atom stereocenters. The van der Waals surface area contributed by atoms with Gasteiger partial charge in [0, 0.05) is 32.1 Å². The van der Waals surface area contributed by atoms with E-state index in [0.717, 1.165) is 38.4 Å². The zero-order valence-electron chi connectivity index (χ0n) is 11.9. The molecular formula is C15H25N3O. The van der Waals surface area contributed by atoms with Crippen molar-refractivity contribution in [1.29, 1.82) is 5.26 Å². The highest BCUT2D eigenvalue weighted by molar-refractivity contribution is 5.76. The molecule has 1 amide bonds. The van der Waals surface area contributed by atoms with Gasteiger partial charge in [-0.1, -0.05) is 19.8 Å². The van der Waals surface area contributed by atoms with Gasteiger partial charge in [-0.15, -0.1) is 0 Å². The average Bonchev–Trinajstić information content (AvgIpc) is 2.64. The maximum absolute atomic E-state index is 11.4. The number of amides is 1. The van der Waals surface area contributed by atoms with Gasteiger partial charge in [-0.2, -0.15) is 5.26 Å². The van der Waals surface area contributed by atoms with Crippen LogP contribution in [0.4, 0.5) is 0 Å². The Kier molecular flexibility index (Phi) is 5.21. The predicted molar refractivity (Wildman–Crippen MR) is 74.3 cm³/mol. The highest BCUT2D eigenvalue weighted by Crippen LogP contribution is 2.34. The molecule has 0 spiro atoms. The SMILES string of the molecule is CCCC1CCC(C#N)C(N2CCNC(=O)CC2)C1. The Morgan fingerprint density at radius 1 is 1.42 bits per heavy atom. The number of carbonyl (C=O) groups is 1. The lowest BCUT2D eigenvalue weighted by Crippen LogP contribution is -2.45. The Balaban J connectivity index is 2.00. The van der Waals surface area contributed by atoms with Gasteiger partial charge in [0.25, 0.3) is 0 Å². The van der Waals surface area contributed by atoms with E-state index in [9.17, 15) is 10.1 Å². The fourth-order valence-electron chi connectivity index (χ4n) is 3.57. The van der Waals surface area contributed by atoms with Crippen LogP contribution in [0.15, 0.2) is 0 Å². The lowest BCUT2D eigenvalue weighted by Gasteiger charge is -2.39. The van der Waals surface area contributed by atoms with Crippen LogP contribution in [-0.2, 0) is 4.79 Å². The molecule has 3 atom stereocenters. The number of nitrogens with zero attached hydrogens (tertiary/aromatic N) is 2. The summed E-state index contributed by atoms with van der Waals surface area (Å²) in [6.07, 6.45) is 6.46. The largest absolute Gasteiger partial charge is 0.355 e. The normalized spacial score (nSPS) is 33.3. The Morgan fingerprint density at radius 3 is 3.00 bits per heavy atom. The quantitative estimate of drug-likeness (QED) is 0.846. The third kappa shape index (κ3) is 3.70. The van der Waals surface area contributed by atoms with Crippen molar-refractivity contribution in [3.63, 3.8) is 0 Å². The third-order valence-electron chi connectivity index (χ3n) is 4.60. The maximum Gasteiger partial charge on any atom is 0.221 e. The summed E-state index contributed by atoms with van der Waals surface area (Å²) in [4.78, 5) is 13.8. The van der Waals surface area contributed by atoms with Crippen LogP contribution in [0.2, 0.25) is 0 Å². The van der Waals surface area contributed by atoms with Gasteiger partial charge in [0.15, 0.2) is 0 Å². The molecule has 1 aliphatic carbocycles. The van der Waals surface area contributed by atoms with Crippen LogP contribution in [-0.4, -0.2) is 36.5 Å². The van der Waals surface area contributed by atoms with Crippen molar-refractivity contribution in [1.82, 2.24) is 10.2 Å². The van der Waals surface area contributed by atoms with Crippen LogP contribution >= 0.6 is 0 Å². The monoisotopic (exact) mass is 263 g/mol. The summed E-state index contributed by atoms with van der Waals surface area (Å²) >= 11 is 0. The van der Waals surface area contributed by atoms with Crippen molar-refractivity contribution in [3.8, 4) is 6.07 Å². The first-order chi connectivity index (χ1) is 9.24. The summed E-state index contributed by atoms with van der Waals surface area (Å²) in [6, 6.07) is 2.86. The lowest BCUT2D eigenvalue weighted by molar-refractivity contribution is -0.120.